The molecule has 0 bridgehead atoms. The highest BCUT2D eigenvalue weighted by molar-refractivity contribution is 7.19. The predicted octanol–water partition coefficient (Wildman–Crippen LogP) is 3.25. The summed E-state index contributed by atoms with van der Waals surface area (Å²) in [6, 6.07) is 7.94. The van der Waals surface area contributed by atoms with Crippen LogP contribution in [0.3, 0.4) is 0 Å². The van der Waals surface area contributed by atoms with Gasteiger partial charge in [-0.05, 0) is 31.2 Å². The first-order chi connectivity index (χ1) is 8.25. The summed E-state index contributed by atoms with van der Waals surface area (Å²) < 4.78 is 0. The van der Waals surface area contributed by atoms with Crippen molar-refractivity contribution in [1.82, 2.24) is 9.97 Å². The van der Waals surface area contributed by atoms with Gasteiger partial charge in [0.15, 0.2) is 0 Å². The van der Waals surface area contributed by atoms with Crippen LogP contribution in [-0.4, -0.2) is 9.97 Å². The zero-order chi connectivity index (χ0) is 11.8. The zero-order valence-electron chi connectivity index (χ0n) is 9.34. The van der Waals surface area contributed by atoms with Crippen molar-refractivity contribution in [2.75, 3.05) is 5.73 Å². The number of aryl methyl sites for hydroxylation is 1. The normalized spacial score (nSPS) is 10.9. The lowest BCUT2D eigenvalue weighted by atomic mass is 10.2. The van der Waals surface area contributed by atoms with Crippen molar-refractivity contribution in [3.8, 4) is 11.3 Å². The maximum absolute atomic E-state index is 5.99. The highest BCUT2D eigenvalue weighted by atomic mass is 32.1. The largest absolute Gasteiger partial charge is 0.397 e. The van der Waals surface area contributed by atoms with Crippen molar-refractivity contribution >= 4 is 27.2 Å². The summed E-state index contributed by atoms with van der Waals surface area (Å²) in [6.07, 6.45) is 3.58. The Morgan fingerprint density at radius 1 is 1.24 bits per heavy atom. The minimum absolute atomic E-state index is 0.843. The molecular weight excluding hydrogens is 230 g/mol. The molecule has 0 amide bonds. The van der Waals surface area contributed by atoms with Crippen molar-refractivity contribution in [1.29, 1.82) is 0 Å². The first-order valence-corrected chi connectivity index (χ1v) is 6.13. The van der Waals surface area contributed by atoms with Crippen LogP contribution in [-0.2, 0) is 0 Å². The first-order valence-electron chi connectivity index (χ1n) is 5.32. The van der Waals surface area contributed by atoms with E-state index in [4.69, 9.17) is 5.73 Å². The molecule has 3 aromatic heterocycles. The van der Waals surface area contributed by atoms with Crippen LogP contribution < -0.4 is 5.73 Å². The Kier molecular flexibility index (Phi) is 2.30. The second-order valence-electron chi connectivity index (χ2n) is 3.86. The van der Waals surface area contributed by atoms with Gasteiger partial charge in [0.05, 0.1) is 11.4 Å². The molecule has 3 aromatic rings. The molecule has 3 rings (SSSR count). The summed E-state index contributed by atoms with van der Waals surface area (Å²) >= 11 is 1.63. The quantitative estimate of drug-likeness (QED) is 0.711. The molecular formula is C13H11N3S. The molecule has 2 N–H and O–H groups in total. The topological polar surface area (TPSA) is 51.8 Å². The van der Waals surface area contributed by atoms with Crippen molar-refractivity contribution in [2.45, 2.75) is 6.92 Å². The number of fused-ring (bicyclic) bond motifs is 1. The van der Waals surface area contributed by atoms with E-state index in [0.717, 1.165) is 32.0 Å². The van der Waals surface area contributed by atoms with Gasteiger partial charge in [-0.3, -0.25) is 4.98 Å². The summed E-state index contributed by atoms with van der Waals surface area (Å²) in [7, 11) is 0. The van der Waals surface area contributed by atoms with E-state index < -0.39 is 0 Å². The summed E-state index contributed by atoms with van der Waals surface area (Å²) in [5.41, 5.74) is 8.79. The van der Waals surface area contributed by atoms with Crippen molar-refractivity contribution in [2.24, 2.45) is 0 Å². The first kappa shape index (κ1) is 10.2. The molecule has 0 saturated heterocycles. The zero-order valence-corrected chi connectivity index (χ0v) is 10.2. The Labute approximate surface area is 103 Å². The van der Waals surface area contributed by atoms with E-state index in [9.17, 15) is 0 Å². The minimum Gasteiger partial charge on any atom is -0.397 e. The third-order valence-electron chi connectivity index (χ3n) is 2.74. The molecule has 4 heteroatoms. The highest BCUT2D eigenvalue weighted by Gasteiger charge is 2.08. The van der Waals surface area contributed by atoms with Crippen LogP contribution in [0.1, 0.15) is 4.88 Å². The van der Waals surface area contributed by atoms with E-state index >= 15 is 0 Å². The Balaban J connectivity index is 2.21. The molecule has 0 unspecified atom stereocenters. The Morgan fingerprint density at radius 3 is 2.88 bits per heavy atom. The Morgan fingerprint density at radius 2 is 2.12 bits per heavy atom. The van der Waals surface area contributed by atoms with E-state index in [2.05, 4.69) is 9.97 Å². The number of anilines is 1. The number of nitrogen functional groups attached to an aromatic ring is 1. The van der Waals surface area contributed by atoms with Crippen molar-refractivity contribution in [3.63, 3.8) is 0 Å². The van der Waals surface area contributed by atoms with Crippen LogP contribution in [0.25, 0.3) is 21.5 Å². The van der Waals surface area contributed by atoms with Gasteiger partial charge in [0.2, 0.25) is 0 Å². The summed E-state index contributed by atoms with van der Waals surface area (Å²) in [5.74, 6) is 0. The van der Waals surface area contributed by atoms with Crippen LogP contribution in [0.4, 0.5) is 5.69 Å². The third kappa shape index (κ3) is 1.66. The molecule has 0 spiro atoms. The lowest BCUT2D eigenvalue weighted by Crippen LogP contribution is -1.86. The summed E-state index contributed by atoms with van der Waals surface area (Å²) in [4.78, 5) is 10.8. The lowest BCUT2D eigenvalue weighted by molar-refractivity contribution is 1.31. The summed E-state index contributed by atoms with van der Waals surface area (Å²) in [6.45, 7) is 2.02. The van der Waals surface area contributed by atoms with Crippen molar-refractivity contribution < 1.29 is 0 Å². The number of nitrogens with zero attached hydrogens (tertiary/aromatic N) is 2. The molecule has 0 aliphatic rings. The van der Waals surface area contributed by atoms with Gasteiger partial charge in [-0.15, -0.1) is 11.3 Å². The highest BCUT2D eigenvalue weighted by Crippen LogP contribution is 2.33. The average Bonchev–Trinajstić information content (AvgIpc) is 2.66. The molecule has 3 nitrogen and oxygen atoms in total. The fourth-order valence-corrected chi connectivity index (χ4v) is 2.73. The van der Waals surface area contributed by atoms with E-state index in [1.54, 1.807) is 17.5 Å². The van der Waals surface area contributed by atoms with Gasteiger partial charge < -0.3 is 5.73 Å². The number of aromatic nitrogens is 2. The predicted molar refractivity (Wildman–Crippen MR) is 72.0 cm³/mol. The molecule has 17 heavy (non-hydrogen) atoms. The molecule has 0 radical (unpaired) electrons. The van der Waals surface area contributed by atoms with Crippen molar-refractivity contribution in [3.05, 3.63) is 41.5 Å². The second-order valence-corrected chi connectivity index (χ2v) is 5.07. The molecule has 0 aliphatic heterocycles. The van der Waals surface area contributed by atoms with Crippen LogP contribution in [0.15, 0.2) is 36.7 Å². The van der Waals surface area contributed by atoms with Gasteiger partial charge in [-0.25, -0.2) is 4.98 Å². The monoisotopic (exact) mass is 241 g/mol. The number of thiophene rings is 1. The SMILES string of the molecule is Cc1sc2nc(-c3cccnc3)ccc2c1N. The molecule has 3 heterocycles. The average molecular weight is 241 g/mol. The van der Waals surface area contributed by atoms with Crippen LogP contribution in [0.5, 0.6) is 0 Å². The van der Waals surface area contributed by atoms with E-state index in [-0.39, 0.29) is 0 Å². The number of rotatable bonds is 1. The van der Waals surface area contributed by atoms with Gasteiger partial charge in [0.25, 0.3) is 0 Å². The minimum atomic E-state index is 0.843. The summed E-state index contributed by atoms with van der Waals surface area (Å²) in [5, 5.41) is 1.04. The third-order valence-corrected chi connectivity index (χ3v) is 3.77. The fourth-order valence-electron chi connectivity index (χ4n) is 1.79. The second kappa shape index (κ2) is 3.82. The molecule has 84 valence electrons. The standard InChI is InChI=1S/C13H11N3S/c1-8-12(14)10-4-5-11(16-13(10)17-8)9-3-2-6-15-7-9/h2-7H,14H2,1H3. The lowest BCUT2D eigenvalue weighted by Gasteiger charge is -1.99. The van der Waals surface area contributed by atoms with E-state index in [1.165, 1.54) is 0 Å². The smallest absolute Gasteiger partial charge is 0.126 e. The fraction of sp³-hybridized carbons (Fsp3) is 0.0769. The van der Waals surface area contributed by atoms with Gasteiger partial charge in [-0.2, -0.15) is 0 Å². The number of hydrogen-bond acceptors (Lipinski definition) is 4. The molecule has 0 fully saturated rings. The van der Waals surface area contributed by atoms with Gasteiger partial charge in [0, 0.05) is 28.2 Å². The van der Waals surface area contributed by atoms with Crippen LogP contribution in [0, 0.1) is 6.92 Å². The van der Waals surface area contributed by atoms with E-state index in [0.29, 0.717) is 0 Å². The van der Waals surface area contributed by atoms with Gasteiger partial charge in [-0.1, -0.05) is 0 Å². The molecule has 0 aromatic carbocycles. The Hall–Kier alpha value is -1.94. The number of hydrogen-bond donors (Lipinski definition) is 1. The molecule has 0 aliphatic carbocycles. The van der Waals surface area contributed by atoms with Gasteiger partial charge in [0.1, 0.15) is 4.83 Å². The Bertz CT molecular complexity index is 674. The maximum atomic E-state index is 5.99. The molecule has 0 saturated carbocycles. The van der Waals surface area contributed by atoms with Crippen LogP contribution in [0.2, 0.25) is 0 Å². The van der Waals surface area contributed by atoms with E-state index in [1.807, 2.05) is 37.4 Å². The number of pyridine rings is 2. The maximum Gasteiger partial charge on any atom is 0.126 e. The number of nitrogens with two attached hydrogens (primary N) is 1. The van der Waals surface area contributed by atoms with Gasteiger partial charge >= 0.3 is 0 Å². The van der Waals surface area contributed by atoms with Crippen LogP contribution >= 0.6 is 11.3 Å². The molecule has 0 atom stereocenters.